The van der Waals surface area contributed by atoms with E-state index in [0.717, 1.165) is 31.3 Å². The average molecular weight is 511 g/mol. The fourth-order valence-electron chi connectivity index (χ4n) is 4.85. The molecule has 1 aliphatic carbocycles. The maximum atomic E-state index is 13.5. The minimum absolute atomic E-state index is 0.287. The summed E-state index contributed by atoms with van der Waals surface area (Å²) in [5.74, 6) is -0.000186. The third kappa shape index (κ3) is 5.10. The van der Waals surface area contributed by atoms with Crippen molar-refractivity contribution in [2.45, 2.75) is 25.7 Å². The van der Waals surface area contributed by atoms with Crippen LogP contribution in [0, 0.1) is 5.41 Å². The summed E-state index contributed by atoms with van der Waals surface area (Å²) in [6.07, 6.45) is 6.28. The molecule has 36 heavy (non-hydrogen) atoms. The molecular formula is C26H30N4O5S. The summed E-state index contributed by atoms with van der Waals surface area (Å²) in [6, 6.07) is 12.2. The molecule has 1 aliphatic heterocycles. The van der Waals surface area contributed by atoms with Gasteiger partial charge in [-0.25, -0.2) is 8.42 Å². The lowest BCUT2D eigenvalue weighted by molar-refractivity contribution is 0.102. The van der Waals surface area contributed by atoms with Crippen molar-refractivity contribution in [1.82, 2.24) is 4.98 Å². The molecule has 2 heterocycles. The first-order chi connectivity index (χ1) is 17.3. The van der Waals surface area contributed by atoms with E-state index in [1.807, 2.05) is 18.2 Å². The summed E-state index contributed by atoms with van der Waals surface area (Å²) >= 11 is 0. The number of methoxy groups -OCH3 is 1. The number of aromatic nitrogens is 1. The Balaban J connectivity index is 1.46. The number of carbonyl (C=O) groups is 1. The number of rotatable bonds is 8. The van der Waals surface area contributed by atoms with E-state index in [2.05, 4.69) is 19.9 Å². The smallest absolute Gasteiger partial charge is 0.257 e. The zero-order valence-corrected chi connectivity index (χ0v) is 21.0. The third-order valence-electron chi connectivity index (χ3n) is 7.20. The maximum absolute atomic E-state index is 13.5. The van der Waals surface area contributed by atoms with Crippen molar-refractivity contribution in [2.24, 2.45) is 5.41 Å². The molecule has 9 nitrogen and oxygen atoms in total. The zero-order chi connectivity index (χ0) is 25.3. The number of benzene rings is 2. The first kappa shape index (κ1) is 24.3. The molecule has 1 spiro atoms. The topological polar surface area (TPSA) is 121 Å². The van der Waals surface area contributed by atoms with E-state index < -0.39 is 22.4 Å². The van der Waals surface area contributed by atoms with Crippen LogP contribution in [0.25, 0.3) is 10.9 Å². The quantitative estimate of drug-likeness (QED) is 0.423. The van der Waals surface area contributed by atoms with Crippen LogP contribution in [0.2, 0.25) is 0 Å². The van der Waals surface area contributed by atoms with E-state index in [0.29, 0.717) is 39.3 Å². The lowest BCUT2D eigenvalue weighted by Gasteiger charge is -2.35. The number of aliphatic hydroxyl groups is 1. The Labute approximate surface area is 210 Å². The summed E-state index contributed by atoms with van der Waals surface area (Å²) < 4.78 is 32.3. The van der Waals surface area contributed by atoms with Gasteiger partial charge < -0.3 is 20.1 Å². The summed E-state index contributed by atoms with van der Waals surface area (Å²) in [6.45, 7) is 1.15. The molecule has 10 heteroatoms. The Morgan fingerprint density at radius 3 is 2.58 bits per heavy atom. The number of ether oxygens (including phenoxy) is 1. The van der Waals surface area contributed by atoms with Crippen LogP contribution < -0.4 is 19.7 Å². The molecule has 1 saturated heterocycles. The molecule has 1 aromatic heterocycles. The molecule has 2 aliphatic rings. The van der Waals surface area contributed by atoms with Crippen molar-refractivity contribution in [3.05, 3.63) is 54.2 Å². The molecule has 0 bridgehead atoms. The Kier molecular flexibility index (Phi) is 6.48. The second-order valence-corrected chi connectivity index (χ2v) is 11.4. The van der Waals surface area contributed by atoms with E-state index in [4.69, 9.17) is 9.84 Å². The Morgan fingerprint density at radius 1 is 1.11 bits per heavy atom. The number of nitrogens with one attached hydrogen (secondary N) is 2. The number of carbonyl (C=O) groups excluding carboxylic acids is 1. The van der Waals surface area contributed by atoms with Gasteiger partial charge in [0.2, 0.25) is 10.0 Å². The summed E-state index contributed by atoms with van der Waals surface area (Å²) in [4.78, 5) is 20.1. The number of anilines is 3. The van der Waals surface area contributed by atoms with Gasteiger partial charge in [0.25, 0.3) is 5.91 Å². The van der Waals surface area contributed by atoms with Crippen LogP contribution in [0.3, 0.4) is 0 Å². The van der Waals surface area contributed by atoms with Crippen molar-refractivity contribution < 1.29 is 23.1 Å². The Hall–Kier alpha value is -3.37. The van der Waals surface area contributed by atoms with Gasteiger partial charge in [-0.2, -0.15) is 0 Å². The highest BCUT2D eigenvalue weighted by atomic mass is 32.2. The molecule has 1 amide bonds. The Morgan fingerprint density at radius 2 is 1.89 bits per heavy atom. The van der Waals surface area contributed by atoms with Gasteiger partial charge in [0.15, 0.2) is 0 Å². The van der Waals surface area contributed by atoms with Crippen LogP contribution in [0.5, 0.6) is 5.75 Å². The van der Waals surface area contributed by atoms with Crippen LogP contribution >= 0.6 is 0 Å². The number of aliphatic hydroxyl groups excluding tert-OH is 1. The van der Waals surface area contributed by atoms with Gasteiger partial charge in [-0.3, -0.25) is 14.5 Å². The number of pyridine rings is 1. The van der Waals surface area contributed by atoms with Gasteiger partial charge in [0.05, 0.1) is 47.6 Å². The molecule has 1 saturated carbocycles. The molecule has 190 valence electrons. The highest BCUT2D eigenvalue weighted by Gasteiger charge is 2.44. The summed E-state index contributed by atoms with van der Waals surface area (Å²) in [5, 5.41) is 12.9. The second kappa shape index (κ2) is 9.59. The van der Waals surface area contributed by atoms with Gasteiger partial charge in [0, 0.05) is 30.7 Å². The fourth-order valence-corrected chi connectivity index (χ4v) is 5.68. The third-order valence-corrected chi connectivity index (χ3v) is 8.46. The Bertz CT molecular complexity index is 1390. The number of amides is 1. The predicted octanol–water partition coefficient (Wildman–Crippen LogP) is 3.61. The summed E-state index contributed by atoms with van der Waals surface area (Å²) in [7, 11) is -2.10. The molecule has 5 rings (SSSR count). The summed E-state index contributed by atoms with van der Waals surface area (Å²) in [5.41, 5.74) is 3.30. The second-order valence-electron chi connectivity index (χ2n) is 9.56. The average Bonchev–Trinajstić information content (AvgIpc) is 3.62. The number of hydrogen-bond acceptors (Lipinski definition) is 7. The molecule has 3 aromatic rings. The van der Waals surface area contributed by atoms with E-state index in [1.54, 1.807) is 37.6 Å². The van der Waals surface area contributed by atoms with Crippen LogP contribution in [0.15, 0.2) is 48.7 Å². The van der Waals surface area contributed by atoms with Crippen LogP contribution in [-0.4, -0.2) is 57.0 Å². The number of sulfonamides is 1. The molecule has 2 aromatic carbocycles. The zero-order valence-electron chi connectivity index (χ0n) is 20.2. The minimum atomic E-state index is -3.69. The normalized spacial score (nSPS) is 16.7. The van der Waals surface area contributed by atoms with Crippen molar-refractivity contribution in [3.63, 3.8) is 0 Å². The molecule has 3 N–H and O–H groups in total. The van der Waals surface area contributed by atoms with Crippen molar-refractivity contribution in [1.29, 1.82) is 0 Å². The lowest BCUT2D eigenvalue weighted by atomic mass is 9.93. The minimum Gasteiger partial charge on any atom is -0.497 e. The lowest BCUT2D eigenvalue weighted by Crippen LogP contribution is -2.35. The molecule has 0 unspecified atom stereocenters. The predicted molar refractivity (Wildman–Crippen MR) is 140 cm³/mol. The van der Waals surface area contributed by atoms with Crippen molar-refractivity contribution >= 4 is 43.9 Å². The van der Waals surface area contributed by atoms with Crippen molar-refractivity contribution in [3.8, 4) is 5.75 Å². The SMILES string of the molecule is COc1ccc2c(NC(=O)c3ccc(NS(=O)(=O)CCO)cc3N3CCC4(CC3)CC4)ccnc2c1. The van der Waals surface area contributed by atoms with Crippen LogP contribution in [0.1, 0.15) is 36.0 Å². The highest BCUT2D eigenvalue weighted by molar-refractivity contribution is 7.92. The molecule has 0 radical (unpaired) electrons. The number of hydrogen-bond donors (Lipinski definition) is 3. The fraction of sp³-hybridized carbons (Fsp3) is 0.385. The first-order valence-corrected chi connectivity index (χ1v) is 13.7. The van der Waals surface area contributed by atoms with E-state index in [9.17, 15) is 13.2 Å². The number of nitrogens with zero attached hydrogens (tertiary/aromatic N) is 2. The van der Waals surface area contributed by atoms with E-state index in [-0.39, 0.29) is 5.91 Å². The van der Waals surface area contributed by atoms with E-state index in [1.165, 1.54) is 12.8 Å². The molecular weight excluding hydrogens is 480 g/mol. The standard InChI is InChI=1S/C26H30N4O5S/c1-35-19-3-5-20-22(6-11-27-23(20)17-19)28-25(32)21-4-2-18(29-36(33,34)15-14-31)16-24(21)30-12-9-26(7-8-26)10-13-30/h2-6,11,16-17,29,31H,7-10,12-15H2,1H3,(H,27,28,32). The highest BCUT2D eigenvalue weighted by Crippen LogP contribution is 2.54. The monoisotopic (exact) mass is 510 g/mol. The van der Waals surface area contributed by atoms with Crippen molar-refractivity contribution in [2.75, 3.05) is 47.5 Å². The van der Waals surface area contributed by atoms with E-state index >= 15 is 0 Å². The van der Waals surface area contributed by atoms with Gasteiger partial charge in [0.1, 0.15) is 5.75 Å². The molecule has 0 atom stereocenters. The van der Waals surface area contributed by atoms with Gasteiger partial charge >= 0.3 is 0 Å². The van der Waals surface area contributed by atoms with Gasteiger partial charge in [-0.05, 0) is 67.5 Å². The number of fused-ring (bicyclic) bond motifs is 1. The maximum Gasteiger partial charge on any atom is 0.257 e. The largest absolute Gasteiger partial charge is 0.497 e. The molecule has 2 fully saturated rings. The van der Waals surface area contributed by atoms with Crippen LogP contribution in [0.4, 0.5) is 17.1 Å². The van der Waals surface area contributed by atoms with Gasteiger partial charge in [-0.1, -0.05) is 0 Å². The van der Waals surface area contributed by atoms with Gasteiger partial charge in [-0.15, -0.1) is 0 Å². The van der Waals surface area contributed by atoms with Crippen LogP contribution in [-0.2, 0) is 10.0 Å². The number of piperidine rings is 1. The first-order valence-electron chi connectivity index (χ1n) is 12.1.